The van der Waals surface area contributed by atoms with Crippen LogP contribution < -0.4 is 15.0 Å². The van der Waals surface area contributed by atoms with Crippen LogP contribution in [0.25, 0.3) is 0 Å². The smallest absolute Gasteiger partial charge is 0.230 e. The molecule has 2 aromatic rings. The van der Waals surface area contributed by atoms with Gasteiger partial charge < -0.3 is 15.0 Å². The van der Waals surface area contributed by atoms with Gasteiger partial charge in [-0.2, -0.15) is 4.98 Å². The standard InChI is InChI=1S/C22H30N6O/c1-2-6-18(5-1)28-12-9-17-15-24-22(26-21(17)28)25-20-8-7-19(16-23-20)29-14-13-27-10-3-4-11-27/h7-8,15-16,18H,1-6,9-14H2,(H,23,24,25,26). The van der Waals surface area contributed by atoms with Crippen molar-refractivity contribution in [3.63, 3.8) is 0 Å². The third-order valence-electron chi connectivity index (χ3n) is 6.35. The lowest BCUT2D eigenvalue weighted by Gasteiger charge is -2.25. The molecule has 1 N–H and O–H groups in total. The van der Waals surface area contributed by atoms with E-state index in [-0.39, 0.29) is 0 Å². The number of likely N-dealkylation sites (tertiary alicyclic amines) is 1. The Labute approximate surface area is 172 Å². The highest BCUT2D eigenvalue weighted by molar-refractivity contribution is 5.57. The SMILES string of the molecule is c1cc(Nc2ncc3c(n2)N(C2CCCC2)CC3)ncc1OCCN1CCCC1. The van der Waals surface area contributed by atoms with Gasteiger partial charge in [0.15, 0.2) is 0 Å². The van der Waals surface area contributed by atoms with Crippen LogP contribution in [0.4, 0.5) is 17.6 Å². The third-order valence-corrected chi connectivity index (χ3v) is 6.35. The van der Waals surface area contributed by atoms with Gasteiger partial charge in [-0.3, -0.25) is 4.90 Å². The molecular formula is C22H30N6O. The number of ether oxygens (including phenoxy) is 1. The van der Waals surface area contributed by atoms with Gasteiger partial charge in [0.2, 0.25) is 5.95 Å². The van der Waals surface area contributed by atoms with Gasteiger partial charge in [-0.25, -0.2) is 9.97 Å². The van der Waals surface area contributed by atoms with Gasteiger partial charge in [0.05, 0.1) is 6.20 Å². The second kappa shape index (κ2) is 8.53. The molecule has 0 amide bonds. The van der Waals surface area contributed by atoms with Crippen molar-refractivity contribution in [2.75, 3.05) is 43.0 Å². The zero-order valence-corrected chi connectivity index (χ0v) is 17.0. The lowest BCUT2D eigenvalue weighted by Crippen LogP contribution is -2.32. The first-order valence-corrected chi connectivity index (χ1v) is 11.1. The Morgan fingerprint density at radius 3 is 2.66 bits per heavy atom. The first-order valence-electron chi connectivity index (χ1n) is 11.1. The molecule has 0 aromatic carbocycles. The maximum Gasteiger partial charge on any atom is 0.230 e. The summed E-state index contributed by atoms with van der Waals surface area (Å²) in [5.41, 5.74) is 1.26. The summed E-state index contributed by atoms with van der Waals surface area (Å²) in [5, 5.41) is 3.25. The van der Waals surface area contributed by atoms with Crippen molar-refractivity contribution in [3.8, 4) is 5.75 Å². The number of nitrogens with one attached hydrogen (secondary N) is 1. The molecule has 1 saturated carbocycles. The van der Waals surface area contributed by atoms with Crippen molar-refractivity contribution in [1.82, 2.24) is 19.9 Å². The number of pyridine rings is 1. The molecule has 4 heterocycles. The van der Waals surface area contributed by atoms with Crippen molar-refractivity contribution < 1.29 is 4.74 Å². The molecule has 2 fully saturated rings. The molecule has 3 aliphatic rings. The summed E-state index contributed by atoms with van der Waals surface area (Å²) in [5.74, 6) is 3.26. The van der Waals surface area contributed by atoms with Crippen LogP contribution in [0.3, 0.4) is 0 Å². The fraction of sp³-hybridized carbons (Fsp3) is 0.591. The fourth-order valence-electron chi connectivity index (χ4n) is 4.75. The minimum Gasteiger partial charge on any atom is -0.491 e. The Balaban J connectivity index is 1.19. The van der Waals surface area contributed by atoms with E-state index in [1.54, 1.807) is 6.20 Å². The summed E-state index contributed by atoms with van der Waals surface area (Å²) in [6.45, 7) is 5.16. The molecular weight excluding hydrogens is 364 g/mol. The Hall–Kier alpha value is -2.41. The van der Waals surface area contributed by atoms with Crippen LogP contribution in [0.1, 0.15) is 44.1 Å². The van der Waals surface area contributed by atoms with E-state index in [0.29, 0.717) is 18.6 Å². The number of fused-ring (bicyclic) bond motifs is 1. The van der Waals surface area contributed by atoms with Crippen LogP contribution in [0, 0.1) is 0 Å². The van der Waals surface area contributed by atoms with Crippen LogP contribution >= 0.6 is 0 Å². The Bertz CT molecular complexity index is 815. The van der Waals surface area contributed by atoms with Crippen LogP contribution in [-0.4, -0.2) is 58.7 Å². The van der Waals surface area contributed by atoms with Gasteiger partial charge in [0.25, 0.3) is 0 Å². The van der Waals surface area contributed by atoms with Crippen molar-refractivity contribution >= 4 is 17.6 Å². The predicted octanol–water partition coefficient (Wildman–Crippen LogP) is 3.39. The summed E-state index contributed by atoms with van der Waals surface area (Å²) >= 11 is 0. The van der Waals surface area contributed by atoms with Crippen molar-refractivity contribution in [2.45, 2.75) is 51.0 Å². The van der Waals surface area contributed by atoms with Crippen LogP contribution in [0.5, 0.6) is 5.75 Å². The molecule has 1 aliphatic carbocycles. The van der Waals surface area contributed by atoms with Crippen LogP contribution in [0.2, 0.25) is 0 Å². The molecule has 2 aromatic heterocycles. The molecule has 7 heteroatoms. The van der Waals surface area contributed by atoms with Gasteiger partial charge in [-0.15, -0.1) is 0 Å². The van der Waals surface area contributed by atoms with Gasteiger partial charge in [-0.05, 0) is 57.3 Å². The third kappa shape index (κ3) is 4.29. The molecule has 0 bridgehead atoms. The Kier molecular flexibility index (Phi) is 5.47. The zero-order chi connectivity index (χ0) is 19.5. The molecule has 5 rings (SSSR count). The van der Waals surface area contributed by atoms with Gasteiger partial charge in [-0.1, -0.05) is 12.8 Å². The fourth-order valence-corrected chi connectivity index (χ4v) is 4.75. The number of nitrogens with zero attached hydrogens (tertiary/aromatic N) is 5. The van der Waals surface area contributed by atoms with E-state index in [1.807, 2.05) is 18.3 Å². The normalized spacial score (nSPS) is 19.7. The summed E-state index contributed by atoms with van der Waals surface area (Å²) in [6.07, 6.45) is 12.6. The maximum absolute atomic E-state index is 5.83. The minimum atomic E-state index is 0.615. The summed E-state index contributed by atoms with van der Waals surface area (Å²) in [4.78, 5) is 18.7. The van der Waals surface area contributed by atoms with Crippen LogP contribution in [-0.2, 0) is 6.42 Å². The topological polar surface area (TPSA) is 66.4 Å². The number of hydrogen-bond donors (Lipinski definition) is 1. The second-order valence-electron chi connectivity index (χ2n) is 8.33. The number of rotatable bonds is 7. The first kappa shape index (κ1) is 18.6. The van der Waals surface area contributed by atoms with Gasteiger partial charge >= 0.3 is 0 Å². The highest BCUT2D eigenvalue weighted by Crippen LogP contribution is 2.34. The molecule has 29 heavy (non-hydrogen) atoms. The first-order chi connectivity index (χ1) is 14.3. The van der Waals surface area contributed by atoms with Gasteiger partial charge in [0.1, 0.15) is 24.0 Å². The molecule has 0 atom stereocenters. The van der Waals surface area contributed by atoms with E-state index in [4.69, 9.17) is 9.72 Å². The molecule has 0 radical (unpaired) electrons. The highest BCUT2D eigenvalue weighted by Gasteiger charge is 2.30. The van der Waals surface area contributed by atoms with E-state index < -0.39 is 0 Å². The van der Waals surface area contributed by atoms with Crippen molar-refractivity contribution in [2.24, 2.45) is 0 Å². The average Bonchev–Trinajstić information content (AvgIpc) is 3.51. The van der Waals surface area contributed by atoms with Crippen molar-refractivity contribution in [1.29, 1.82) is 0 Å². The summed E-state index contributed by atoms with van der Waals surface area (Å²) < 4.78 is 5.83. The molecule has 1 saturated heterocycles. The van der Waals surface area contributed by atoms with E-state index in [1.165, 1.54) is 57.2 Å². The number of anilines is 3. The molecule has 0 unspecified atom stereocenters. The lowest BCUT2D eigenvalue weighted by atomic mass is 10.2. The molecule has 154 valence electrons. The van der Waals surface area contributed by atoms with Crippen molar-refractivity contribution in [3.05, 3.63) is 30.1 Å². The largest absolute Gasteiger partial charge is 0.491 e. The van der Waals surface area contributed by atoms with E-state index in [0.717, 1.165) is 36.9 Å². The molecule has 0 spiro atoms. The van der Waals surface area contributed by atoms with Gasteiger partial charge in [0, 0.05) is 30.9 Å². The lowest BCUT2D eigenvalue weighted by molar-refractivity contribution is 0.237. The molecule has 7 nitrogen and oxygen atoms in total. The zero-order valence-electron chi connectivity index (χ0n) is 17.0. The monoisotopic (exact) mass is 394 g/mol. The average molecular weight is 395 g/mol. The minimum absolute atomic E-state index is 0.615. The van der Waals surface area contributed by atoms with E-state index in [2.05, 4.69) is 25.1 Å². The quantitative estimate of drug-likeness (QED) is 0.772. The Morgan fingerprint density at radius 2 is 1.86 bits per heavy atom. The highest BCUT2D eigenvalue weighted by atomic mass is 16.5. The number of hydrogen-bond acceptors (Lipinski definition) is 7. The predicted molar refractivity (Wildman–Crippen MR) is 114 cm³/mol. The van der Waals surface area contributed by atoms with E-state index in [9.17, 15) is 0 Å². The second-order valence-corrected chi connectivity index (χ2v) is 8.33. The summed E-state index contributed by atoms with van der Waals surface area (Å²) in [7, 11) is 0. The Morgan fingerprint density at radius 1 is 1.00 bits per heavy atom. The molecule has 2 aliphatic heterocycles. The van der Waals surface area contributed by atoms with E-state index >= 15 is 0 Å². The maximum atomic E-state index is 5.83. The van der Waals surface area contributed by atoms with Crippen LogP contribution in [0.15, 0.2) is 24.5 Å². The summed E-state index contributed by atoms with van der Waals surface area (Å²) in [6, 6.07) is 4.53. The number of aromatic nitrogens is 3.